The third-order valence-corrected chi connectivity index (χ3v) is 8.17. The molecule has 0 radical (unpaired) electrons. The molecule has 0 bridgehead atoms. The zero-order valence-electron chi connectivity index (χ0n) is 27.5. The molecule has 0 N–H and O–H groups in total. The molecule has 0 aliphatic rings. The van der Waals surface area contributed by atoms with E-state index in [-0.39, 0.29) is 0 Å². The monoisotopic (exact) mass is 620 g/mol. The Hall–Kier alpha value is -4.32. The number of benzene rings is 2. The predicted molar refractivity (Wildman–Crippen MR) is 184 cm³/mol. The third-order valence-electron chi connectivity index (χ3n) is 8.17. The van der Waals surface area contributed by atoms with Crippen LogP contribution in [0.4, 0.5) is 0 Å². The van der Waals surface area contributed by atoms with Crippen LogP contribution in [0.25, 0.3) is 11.4 Å². The van der Waals surface area contributed by atoms with Gasteiger partial charge in [0.25, 0.3) is 0 Å². The van der Waals surface area contributed by atoms with Crippen LogP contribution >= 0.6 is 0 Å². The van der Waals surface area contributed by atoms with E-state index in [9.17, 15) is 9.59 Å². The van der Waals surface area contributed by atoms with E-state index in [0.29, 0.717) is 34.0 Å². The molecule has 0 aliphatic heterocycles. The number of carbonyl (C=O) groups is 2. The molecule has 0 unspecified atom stereocenters. The molecule has 0 amide bonds. The third kappa shape index (κ3) is 11.6. The van der Waals surface area contributed by atoms with E-state index in [1.54, 1.807) is 24.3 Å². The highest BCUT2D eigenvalue weighted by Gasteiger charge is 2.13. The number of rotatable bonds is 19. The number of aryl methyl sites for hydroxylation is 2. The Morgan fingerprint density at radius 3 is 1.20 bits per heavy atom. The van der Waals surface area contributed by atoms with Crippen LogP contribution in [-0.4, -0.2) is 21.9 Å². The largest absolute Gasteiger partial charge is 0.423 e. The summed E-state index contributed by atoms with van der Waals surface area (Å²) < 4.78 is 11.1. The normalized spacial score (nSPS) is 10.9. The zero-order chi connectivity index (χ0) is 32.4. The van der Waals surface area contributed by atoms with Gasteiger partial charge in [0.05, 0.1) is 22.5 Å². The van der Waals surface area contributed by atoms with Crippen LogP contribution in [0, 0.1) is 0 Å². The van der Waals surface area contributed by atoms with Crippen molar-refractivity contribution in [1.29, 1.82) is 0 Å². The lowest BCUT2D eigenvalue weighted by Gasteiger charge is -2.08. The summed E-state index contributed by atoms with van der Waals surface area (Å²) in [4.78, 5) is 34.2. The highest BCUT2D eigenvalue weighted by atomic mass is 16.5. The average molecular weight is 621 g/mol. The van der Waals surface area contributed by atoms with E-state index in [0.717, 1.165) is 12.8 Å². The summed E-state index contributed by atoms with van der Waals surface area (Å²) >= 11 is 0. The number of ether oxygens (including phenoxy) is 2. The van der Waals surface area contributed by atoms with Crippen LogP contribution in [0.15, 0.2) is 85.2 Å². The maximum atomic E-state index is 12.7. The van der Waals surface area contributed by atoms with Gasteiger partial charge in [-0.25, -0.2) is 9.59 Å². The summed E-state index contributed by atoms with van der Waals surface area (Å²) in [7, 11) is 0. The van der Waals surface area contributed by atoms with Crippen molar-refractivity contribution in [1.82, 2.24) is 9.97 Å². The Balaban J connectivity index is 1.22. The van der Waals surface area contributed by atoms with E-state index in [1.165, 1.54) is 101 Å². The number of nitrogens with zero attached hydrogens (tertiary/aromatic N) is 2. The summed E-state index contributed by atoms with van der Waals surface area (Å²) in [6.07, 6.45) is 20.3. The first kappa shape index (κ1) is 34.6. The molecular weight excluding hydrogens is 572 g/mol. The summed E-state index contributed by atoms with van der Waals surface area (Å²) in [6.45, 7) is 4.47. The molecule has 4 aromatic rings. The molecule has 0 spiro atoms. The molecule has 0 aliphatic carbocycles. The van der Waals surface area contributed by atoms with Crippen molar-refractivity contribution in [2.75, 3.05) is 0 Å². The fraction of sp³-hybridized carbons (Fsp3) is 0.400. The standard InChI is InChI=1S/C40H48N2O4/c1-3-5-7-9-11-13-15-31-17-23-35(24-18-31)45-39(43)33-21-27-37(41-29-33)38-28-22-34(30-42-38)40(44)46-36-25-19-32(20-26-36)16-14-12-10-8-6-4-2/h17-30H,3-16H2,1-2H3. The Morgan fingerprint density at radius 2 is 0.848 bits per heavy atom. The van der Waals surface area contributed by atoms with Gasteiger partial charge in [0.2, 0.25) is 0 Å². The second kappa shape index (κ2) is 19.3. The molecule has 0 saturated carbocycles. The molecule has 2 aromatic carbocycles. The minimum Gasteiger partial charge on any atom is -0.423 e. The van der Waals surface area contributed by atoms with Gasteiger partial charge in [-0.05, 0) is 85.3 Å². The van der Waals surface area contributed by atoms with Crippen LogP contribution < -0.4 is 9.47 Å². The predicted octanol–water partition coefficient (Wildman–Crippen LogP) is 10.4. The first-order valence-electron chi connectivity index (χ1n) is 17.1. The number of pyridine rings is 2. The van der Waals surface area contributed by atoms with Crippen LogP contribution in [0.1, 0.15) is 123 Å². The van der Waals surface area contributed by atoms with Crippen molar-refractivity contribution >= 4 is 11.9 Å². The van der Waals surface area contributed by atoms with Crippen LogP contribution in [0.5, 0.6) is 11.5 Å². The van der Waals surface area contributed by atoms with Gasteiger partial charge in [0, 0.05) is 12.4 Å². The van der Waals surface area contributed by atoms with Gasteiger partial charge in [-0.3, -0.25) is 9.97 Å². The molecule has 6 heteroatoms. The molecule has 0 fully saturated rings. The smallest absolute Gasteiger partial charge is 0.345 e. The van der Waals surface area contributed by atoms with Crippen LogP contribution in [-0.2, 0) is 12.8 Å². The lowest BCUT2D eigenvalue weighted by atomic mass is 10.0. The molecule has 4 rings (SSSR count). The first-order valence-corrected chi connectivity index (χ1v) is 17.1. The topological polar surface area (TPSA) is 78.4 Å². The number of esters is 2. The zero-order valence-corrected chi connectivity index (χ0v) is 27.5. The lowest BCUT2D eigenvalue weighted by Crippen LogP contribution is -2.09. The second-order valence-electron chi connectivity index (χ2n) is 12.0. The molecular formula is C40H48N2O4. The Morgan fingerprint density at radius 1 is 0.478 bits per heavy atom. The maximum Gasteiger partial charge on any atom is 0.345 e. The van der Waals surface area contributed by atoms with Gasteiger partial charge in [0.1, 0.15) is 11.5 Å². The molecule has 0 atom stereocenters. The molecule has 6 nitrogen and oxygen atoms in total. The van der Waals surface area contributed by atoms with Crippen molar-refractivity contribution in [3.63, 3.8) is 0 Å². The molecule has 242 valence electrons. The van der Waals surface area contributed by atoms with Gasteiger partial charge in [-0.2, -0.15) is 0 Å². The highest BCUT2D eigenvalue weighted by molar-refractivity contribution is 5.92. The number of aromatic nitrogens is 2. The molecule has 2 aromatic heterocycles. The molecule has 0 saturated heterocycles. The first-order chi connectivity index (χ1) is 22.6. The van der Waals surface area contributed by atoms with Gasteiger partial charge in [-0.15, -0.1) is 0 Å². The molecule has 2 heterocycles. The molecule has 46 heavy (non-hydrogen) atoms. The van der Waals surface area contributed by atoms with Crippen molar-refractivity contribution < 1.29 is 19.1 Å². The van der Waals surface area contributed by atoms with Crippen LogP contribution in [0.2, 0.25) is 0 Å². The summed E-state index contributed by atoms with van der Waals surface area (Å²) in [5, 5.41) is 0. The quantitative estimate of drug-likeness (QED) is 0.0589. The van der Waals surface area contributed by atoms with Crippen molar-refractivity contribution in [2.24, 2.45) is 0 Å². The summed E-state index contributed by atoms with van der Waals surface area (Å²) in [5.41, 5.74) is 4.35. The second-order valence-corrected chi connectivity index (χ2v) is 12.0. The number of unbranched alkanes of at least 4 members (excludes halogenated alkanes) is 10. The highest BCUT2D eigenvalue weighted by Crippen LogP contribution is 2.20. The van der Waals surface area contributed by atoms with Gasteiger partial charge >= 0.3 is 11.9 Å². The van der Waals surface area contributed by atoms with Crippen LogP contribution in [0.3, 0.4) is 0 Å². The Kier molecular flexibility index (Phi) is 14.5. The number of hydrogen-bond acceptors (Lipinski definition) is 6. The fourth-order valence-corrected chi connectivity index (χ4v) is 5.33. The van der Waals surface area contributed by atoms with E-state index < -0.39 is 11.9 Å². The van der Waals surface area contributed by atoms with E-state index in [2.05, 4.69) is 23.8 Å². The van der Waals surface area contributed by atoms with E-state index in [4.69, 9.17) is 9.47 Å². The maximum absolute atomic E-state index is 12.7. The van der Waals surface area contributed by atoms with Gasteiger partial charge < -0.3 is 9.47 Å². The van der Waals surface area contributed by atoms with Crippen molar-refractivity contribution in [3.8, 4) is 22.9 Å². The minimum absolute atomic E-state index is 0.345. The van der Waals surface area contributed by atoms with E-state index >= 15 is 0 Å². The SMILES string of the molecule is CCCCCCCCc1ccc(OC(=O)c2ccc(-c3ccc(C(=O)Oc4ccc(CCCCCCCC)cc4)cn3)nc2)cc1. The Labute approximate surface area is 274 Å². The average Bonchev–Trinajstić information content (AvgIpc) is 3.09. The van der Waals surface area contributed by atoms with Crippen molar-refractivity contribution in [2.45, 2.75) is 104 Å². The fourth-order valence-electron chi connectivity index (χ4n) is 5.33. The summed E-state index contributed by atoms with van der Waals surface area (Å²) in [6, 6.07) is 22.2. The number of hydrogen-bond donors (Lipinski definition) is 0. The van der Waals surface area contributed by atoms with E-state index in [1.807, 2.05) is 48.5 Å². The van der Waals surface area contributed by atoms with Gasteiger partial charge in [0.15, 0.2) is 0 Å². The van der Waals surface area contributed by atoms with Crippen molar-refractivity contribution in [3.05, 3.63) is 107 Å². The lowest BCUT2D eigenvalue weighted by molar-refractivity contribution is 0.0724. The number of carbonyl (C=O) groups excluding carboxylic acids is 2. The summed E-state index contributed by atoms with van der Waals surface area (Å²) in [5.74, 6) is 0.0801. The van der Waals surface area contributed by atoms with Gasteiger partial charge in [-0.1, -0.05) is 102 Å². The Bertz CT molecular complexity index is 1350. The minimum atomic E-state index is -0.468.